The van der Waals surface area contributed by atoms with Gasteiger partial charge in [-0.05, 0) is 55.1 Å². The summed E-state index contributed by atoms with van der Waals surface area (Å²) in [6, 6.07) is 16.3. The number of likely N-dealkylation sites (tertiary alicyclic amines) is 1. The summed E-state index contributed by atoms with van der Waals surface area (Å²) in [5, 5.41) is 4.12. The number of hydrogen-bond acceptors (Lipinski definition) is 4. The third kappa shape index (κ3) is 2.99. The van der Waals surface area contributed by atoms with E-state index in [4.69, 9.17) is 23.2 Å². The smallest absolute Gasteiger partial charge is 0.250 e. The van der Waals surface area contributed by atoms with Crippen molar-refractivity contribution in [2.24, 2.45) is 5.92 Å². The number of nitrogens with one attached hydrogen (secondary N) is 1. The molecule has 5 nitrogen and oxygen atoms in total. The molecular weight excluding hydrogens is 433 g/mol. The van der Waals surface area contributed by atoms with Crippen LogP contribution in [-0.4, -0.2) is 35.2 Å². The Kier molecular flexibility index (Phi) is 4.85. The summed E-state index contributed by atoms with van der Waals surface area (Å²) in [6.45, 7) is 0.525. The summed E-state index contributed by atoms with van der Waals surface area (Å²) in [5.74, 6) is -1.22. The predicted octanol–water partition coefficient (Wildman–Crippen LogP) is 4.76. The molecule has 2 aliphatic rings. The van der Waals surface area contributed by atoms with Crippen LogP contribution in [0, 0.1) is 5.92 Å². The van der Waals surface area contributed by atoms with E-state index >= 15 is 0 Å². The van der Waals surface area contributed by atoms with Crippen LogP contribution in [0.1, 0.15) is 27.4 Å². The highest BCUT2D eigenvalue weighted by Gasteiger charge is 2.64. The molecule has 1 amide bonds. The van der Waals surface area contributed by atoms with Gasteiger partial charge in [-0.15, -0.1) is 0 Å². The van der Waals surface area contributed by atoms with Crippen LogP contribution in [-0.2, 0) is 10.3 Å². The van der Waals surface area contributed by atoms with Crippen molar-refractivity contribution in [2.45, 2.75) is 11.5 Å². The molecule has 0 aliphatic carbocycles. The van der Waals surface area contributed by atoms with Crippen LogP contribution in [0.15, 0.2) is 67.0 Å². The first kappa shape index (κ1) is 20.2. The Balaban J connectivity index is 1.74. The Morgan fingerprint density at radius 2 is 1.87 bits per heavy atom. The number of fused-ring (bicyclic) bond motifs is 2. The molecule has 3 atom stereocenters. The van der Waals surface area contributed by atoms with E-state index in [0.29, 0.717) is 27.8 Å². The molecule has 1 N–H and O–H groups in total. The van der Waals surface area contributed by atoms with Gasteiger partial charge < -0.3 is 5.32 Å². The molecule has 1 saturated heterocycles. The summed E-state index contributed by atoms with van der Waals surface area (Å²) < 4.78 is 0. The van der Waals surface area contributed by atoms with Crippen molar-refractivity contribution in [1.82, 2.24) is 9.88 Å². The number of carbonyl (C=O) groups is 2. The molecule has 3 aromatic rings. The van der Waals surface area contributed by atoms with Crippen LogP contribution in [0.3, 0.4) is 0 Å². The molecular formula is C24H19Cl2N3O2. The minimum Gasteiger partial charge on any atom is -0.324 e. The normalized spacial score (nSPS) is 24.9. The van der Waals surface area contributed by atoms with E-state index < -0.39 is 11.5 Å². The van der Waals surface area contributed by atoms with Gasteiger partial charge in [0.1, 0.15) is 5.54 Å². The number of likely N-dealkylation sites (N-methyl/N-ethyl adjacent to an activating group) is 1. The van der Waals surface area contributed by atoms with Crippen LogP contribution in [0.5, 0.6) is 0 Å². The first-order valence-corrected chi connectivity index (χ1v) is 10.7. The summed E-state index contributed by atoms with van der Waals surface area (Å²) in [4.78, 5) is 33.6. The first-order chi connectivity index (χ1) is 14.9. The first-order valence-electron chi connectivity index (χ1n) is 9.95. The van der Waals surface area contributed by atoms with E-state index in [2.05, 4.69) is 10.3 Å². The Hall–Kier alpha value is -2.73. The monoisotopic (exact) mass is 451 g/mol. The molecule has 0 unspecified atom stereocenters. The van der Waals surface area contributed by atoms with E-state index in [9.17, 15) is 9.59 Å². The number of pyridine rings is 1. The molecule has 2 aliphatic heterocycles. The largest absolute Gasteiger partial charge is 0.324 e. The van der Waals surface area contributed by atoms with Crippen molar-refractivity contribution in [3.8, 4) is 0 Å². The van der Waals surface area contributed by atoms with E-state index in [1.807, 2.05) is 36.2 Å². The molecule has 1 spiro atoms. The second-order valence-corrected chi connectivity index (χ2v) is 8.91. The summed E-state index contributed by atoms with van der Waals surface area (Å²) in [7, 11) is 1.88. The Morgan fingerprint density at radius 3 is 2.58 bits per heavy atom. The quantitative estimate of drug-likeness (QED) is 0.582. The number of carbonyl (C=O) groups excluding carboxylic acids is 2. The zero-order chi connectivity index (χ0) is 21.8. The number of aromatic nitrogens is 1. The SMILES string of the molecule is CN1C[C@H](c2ccc(Cl)cc2)[C@@H](C(=O)c2cccnc2)[C@@]12C(=O)Nc1ccc(Cl)cc12. The number of anilines is 1. The highest BCUT2D eigenvalue weighted by atomic mass is 35.5. The standard InChI is InChI=1S/C24H19Cl2N3O2/c1-29-13-18(14-4-6-16(25)7-5-14)21(22(30)15-3-2-10-27-12-15)24(29)19-11-17(26)8-9-20(19)28-23(24)31/h2-12,18,21H,13H2,1H3,(H,28,31)/t18-,21+,24+/m1/s1. The van der Waals surface area contributed by atoms with Gasteiger partial charge in [-0.3, -0.25) is 19.5 Å². The second kappa shape index (κ2) is 7.45. The highest BCUT2D eigenvalue weighted by Crippen LogP contribution is 2.56. The lowest BCUT2D eigenvalue weighted by Gasteiger charge is -2.35. The van der Waals surface area contributed by atoms with Gasteiger partial charge in [0.25, 0.3) is 0 Å². The van der Waals surface area contributed by atoms with Crippen molar-refractivity contribution >= 4 is 40.6 Å². The lowest BCUT2D eigenvalue weighted by Crippen LogP contribution is -2.51. The van der Waals surface area contributed by atoms with Crippen LogP contribution < -0.4 is 5.32 Å². The lowest BCUT2D eigenvalue weighted by atomic mass is 9.70. The number of Topliss-reactive ketones (excluding diaryl/α,β-unsaturated/α-hetero) is 1. The molecule has 3 heterocycles. The van der Waals surface area contributed by atoms with Gasteiger partial charge in [-0.2, -0.15) is 0 Å². The molecule has 156 valence electrons. The number of rotatable bonds is 3. The van der Waals surface area contributed by atoms with Gasteiger partial charge in [-0.25, -0.2) is 0 Å². The Labute approximate surface area is 190 Å². The molecule has 31 heavy (non-hydrogen) atoms. The molecule has 7 heteroatoms. The zero-order valence-corrected chi connectivity index (χ0v) is 18.2. The average Bonchev–Trinajstić information content (AvgIpc) is 3.24. The maximum Gasteiger partial charge on any atom is 0.250 e. The van der Waals surface area contributed by atoms with E-state index in [0.717, 1.165) is 11.1 Å². The lowest BCUT2D eigenvalue weighted by molar-refractivity contribution is -0.126. The predicted molar refractivity (Wildman–Crippen MR) is 121 cm³/mol. The summed E-state index contributed by atoms with van der Waals surface area (Å²) >= 11 is 12.4. The van der Waals surface area contributed by atoms with Crippen molar-refractivity contribution in [2.75, 3.05) is 18.9 Å². The Bertz CT molecular complexity index is 1180. The maximum absolute atomic E-state index is 13.9. The van der Waals surface area contributed by atoms with Crippen molar-refractivity contribution in [1.29, 1.82) is 0 Å². The third-order valence-corrected chi connectivity index (χ3v) is 6.93. The topological polar surface area (TPSA) is 62.3 Å². The van der Waals surface area contributed by atoms with Gasteiger partial charge in [-0.1, -0.05) is 35.3 Å². The molecule has 1 aromatic heterocycles. The number of benzene rings is 2. The number of amides is 1. The van der Waals surface area contributed by atoms with Crippen LogP contribution in [0.25, 0.3) is 0 Å². The molecule has 5 rings (SSSR count). The molecule has 1 fully saturated rings. The van der Waals surface area contributed by atoms with Crippen LogP contribution in [0.2, 0.25) is 10.0 Å². The van der Waals surface area contributed by atoms with Crippen LogP contribution in [0.4, 0.5) is 5.69 Å². The van der Waals surface area contributed by atoms with Gasteiger partial charge in [0, 0.05) is 51.7 Å². The Morgan fingerprint density at radius 1 is 1.13 bits per heavy atom. The third-order valence-electron chi connectivity index (χ3n) is 6.44. The number of nitrogens with zero attached hydrogens (tertiary/aromatic N) is 2. The summed E-state index contributed by atoms with van der Waals surface area (Å²) in [5.41, 5.74) is 1.67. The maximum atomic E-state index is 13.9. The highest BCUT2D eigenvalue weighted by molar-refractivity contribution is 6.31. The van der Waals surface area contributed by atoms with Gasteiger partial charge in [0.15, 0.2) is 5.78 Å². The number of halogens is 2. The number of hydrogen-bond donors (Lipinski definition) is 1. The fraction of sp³-hybridized carbons (Fsp3) is 0.208. The zero-order valence-electron chi connectivity index (χ0n) is 16.7. The fourth-order valence-corrected chi connectivity index (χ4v) is 5.41. The second-order valence-electron chi connectivity index (χ2n) is 8.03. The van der Waals surface area contributed by atoms with Gasteiger partial charge in [0.2, 0.25) is 5.91 Å². The molecule has 0 saturated carbocycles. The summed E-state index contributed by atoms with van der Waals surface area (Å²) in [6.07, 6.45) is 3.18. The minimum atomic E-state index is -1.17. The number of ketones is 1. The van der Waals surface area contributed by atoms with E-state index in [1.165, 1.54) is 0 Å². The van der Waals surface area contributed by atoms with E-state index in [1.54, 1.807) is 42.7 Å². The van der Waals surface area contributed by atoms with Crippen molar-refractivity contribution < 1.29 is 9.59 Å². The molecule has 0 bridgehead atoms. The van der Waals surface area contributed by atoms with Crippen molar-refractivity contribution in [3.63, 3.8) is 0 Å². The van der Waals surface area contributed by atoms with Gasteiger partial charge >= 0.3 is 0 Å². The van der Waals surface area contributed by atoms with Gasteiger partial charge in [0.05, 0.1) is 5.92 Å². The molecule has 2 aromatic carbocycles. The van der Waals surface area contributed by atoms with E-state index in [-0.39, 0.29) is 17.6 Å². The van der Waals surface area contributed by atoms with Crippen molar-refractivity contribution in [3.05, 3.63) is 93.7 Å². The molecule has 0 radical (unpaired) electrons. The average molecular weight is 452 g/mol. The van der Waals surface area contributed by atoms with Crippen LogP contribution >= 0.6 is 23.2 Å². The minimum absolute atomic E-state index is 0.125. The fourth-order valence-electron chi connectivity index (χ4n) is 5.11.